The molecule has 3 rings (SSSR count). The number of nitrogens with one attached hydrogen (secondary N) is 2. The molecule has 2 aromatic rings. The van der Waals surface area contributed by atoms with Crippen LogP contribution in [0.15, 0.2) is 24.3 Å². The van der Waals surface area contributed by atoms with Crippen LogP contribution < -0.4 is 5.32 Å². The summed E-state index contributed by atoms with van der Waals surface area (Å²) in [5.74, 6) is -1.29. The second-order valence-electron chi connectivity index (χ2n) is 5.45. The van der Waals surface area contributed by atoms with Gasteiger partial charge in [0.1, 0.15) is 0 Å². The molecule has 0 aliphatic carbocycles. The van der Waals surface area contributed by atoms with Crippen LogP contribution in [0.3, 0.4) is 0 Å². The fourth-order valence-corrected chi connectivity index (χ4v) is 2.70. The number of aliphatic carboxylic acids is 1. The first kappa shape index (κ1) is 13.5. The van der Waals surface area contributed by atoms with E-state index in [0.29, 0.717) is 18.7 Å². The molecule has 1 aliphatic rings. The van der Waals surface area contributed by atoms with Crippen molar-refractivity contribution in [3.8, 4) is 0 Å². The first-order valence-electron chi connectivity index (χ1n) is 6.91. The molecule has 110 valence electrons. The molecule has 1 atom stereocenters. The molecule has 2 heterocycles. The summed E-state index contributed by atoms with van der Waals surface area (Å²) in [4.78, 5) is 27.8. The number of aryl methyl sites for hydroxylation is 1. The van der Waals surface area contributed by atoms with Crippen molar-refractivity contribution in [2.45, 2.75) is 13.3 Å². The summed E-state index contributed by atoms with van der Waals surface area (Å²) >= 11 is 0. The second-order valence-corrected chi connectivity index (χ2v) is 5.45. The third kappa shape index (κ3) is 2.69. The summed E-state index contributed by atoms with van der Waals surface area (Å²) in [6.45, 7) is 2.73. The predicted octanol–water partition coefficient (Wildman–Crippen LogP) is 2.41. The van der Waals surface area contributed by atoms with E-state index in [4.69, 9.17) is 5.11 Å². The van der Waals surface area contributed by atoms with E-state index in [2.05, 4.69) is 10.3 Å². The Kier molecular flexibility index (Phi) is 3.29. The van der Waals surface area contributed by atoms with Gasteiger partial charge in [-0.05, 0) is 37.6 Å². The van der Waals surface area contributed by atoms with Gasteiger partial charge in [0, 0.05) is 35.4 Å². The molecule has 1 aliphatic heterocycles. The summed E-state index contributed by atoms with van der Waals surface area (Å²) in [5, 5.41) is 12.8. The van der Waals surface area contributed by atoms with Gasteiger partial charge in [0.05, 0.1) is 5.92 Å². The number of nitrogens with zero attached hydrogens (tertiary/aromatic N) is 1. The quantitative estimate of drug-likeness (QED) is 0.793. The number of urea groups is 1. The Morgan fingerprint density at radius 2 is 2.19 bits per heavy atom. The predicted molar refractivity (Wildman–Crippen MR) is 79.4 cm³/mol. The molecular weight excluding hydrogens is 270 g/mol. The number of fused-ring (bicyclic) bond motifs is 1. The highest BCUT2D eigenvalue weighted by Crippen LogP contribution is 2.21. The number of rotatable bonds is 2. The molecule has 1 aromatic heterocycles. The molecular formula is C15H17N3O3. The van der Waals surface area contributed by atoms with Gasteiger partial charge in [-0.15, -0.1) is 0 Å². The minimum absolute atomic E-state index is 0.245. The van der Waals surface area contributed by atoms with Gasteiger partial charge in [-0.3, -0.25) is 4.79 Å². The third-order valence-corrected chi connectivity index (χ3v) is 3.83. The van der Waals surface area contributed by atoms with Crippen molar-refractivity contribution in [1.82, 2.24) is 9.88 Å². The van der Waals surface area contributed by atoms with Crippen LogP contribution in [0.1, 0.15) is 12.1 Å². The second kappa shape index (κ2) is 5.12. The zero-order valence-electron chi connectivity index (χ0n) is 11.7. The van der Waals surface area contributed by atoms with E-state index < -0.39 is 11.9 Å². The standard InChI is InChI=1S/C15H17N3O3/c1-9-6-11-7-12(2-3-13(11)16-9)17-15(21)18-5-4-10(8-18)14(19)20/h2-3,6-7,10,16H,4-5,8H2,1H3,(H,17,21)(H,19,20). The van der Waals surface area contributed by atoms with Crippen LogP contribution in [-0.4, -0.2) is 40.1 Å². The molecule has 2 amide bonds. The zero-order valence-corrected chi connectivity index (χ0v) is 11.7. The summed E-state index contributed by atoms with van der Waals surface area (Å²) in [6.07, 6.45) is 0.513. The van der Waals surface area contributed by atoms with Gasteiger partial charge in [0.15, 0.2) is 0 Å². The monoisotopic (exact) mass is 287 g/mol. The van der Waals surface area contributed by atoms with Crippen molar-refractivity contribution < 1.29 is 14.7 Å². The zero-order chi connectivity index (χ0) is 15.0. The summed E-state index contributed by atoms with van der Waals surface area (Å²) in [7, 11) is 0. The van der Waals surface area contributed by atoms with Crippen LogP contribution in [0.5, 0.6) is 0 Å². The number of carboxylic acids is 1. The lowest BCUT2D eigenvalue weighted by molar-refractivity contribution is -0.141. The number of benzene rings is 1. The molecule has 0 radical (unpaired) electrons. The maximum atomic E-state index is 12.1. The highest BCUT2D eigenvalue weighted by molar-refractivity contribution is 5.93. The molecule has 6 nitrogen and oxygen atoms in total. The van der Waals surface area contributed by atoms with Crippen LogP contribution in [-0.2, 0) is 4.79 Å². The molecule has 21 heavy (non-hydrogen) atoms. The molecule has 1 aromatic carbocycles. The Morgan fingerprint density at radius 1 is 1.38 bits per heavy atom. The SMILES string of the molecule is Cc1cc2cc(NC(=O)N3CCC(C(=O)O)C3)ccc2[nH]1. The largest absolute Gasteiger partial charge is 0.481 e. The molecule has 1 saturated heterocycles. The Bertz CT molecular complexity index is 707. The fourth-order valence-electron chi connectivity index (χ4n) is 2.70. The molecule has 0 saturated carbocycles. The molecule has 0 bridgehead atoms. The molecule has 6 heteroatoms. The van der Waals surface area contributed by atoms with E-state index >= 15 is 0 Å². The van der Waals surface area contributed by atoms with E-state index in [1.807, 2.05) is 31.2 Å². The van der Waals surface area contributed by atoms with E-state index in [0.717, 1.165) is 16.6 Å². The minimum atomic E-state index is -0.838. The Morgan fingerprint density at radius 3 is 2.90 bits per heavy atom. The van der Waals surface area contributed by atoms with Gasteiger partial charge in [0.25, 0.3) is 0 Å². The van der Waals surface area contributed by atoms with Crippen molar-refractivity contribution in [2.75, 3.05) is 18.4 Å². The number of hydrogen-bond donors (Lipinski definition) is 3. The lowest BCUT2D eigenvalue weighted by Crippen LogP contribution is -2.33. The number of H-pyrrole nitrogens is 1. The van der Waals surface area contributed by atoms with Crippen molar-refractivity contribution in [3.63, 3.8) is 0 Å². The van der Waals surface area contributed by atoms with E-state index in [1.54, 1.807) is 4.90 Å². The maximum Gasteiger partial charge on any atom is 0.321 e. The van der Waals surface area contributed by atoms with E-state index in [1.165, 1.54) is 0 Å². The van der Waals surface area contributed by atoms with Gasteiger partial charge in [-0.25, -0.2) is 4.79 Å². The van der Waals surface area contributed by atoms with Gasteiger partial charge in [-0.1, -0.05) is 0 Å². The highest BCUT2D eigenvalue weighted by atomic mass is 16.4. The highest BCUT2D eigenvalue weighted by Gasteiger charge is 2.30. The van der Waals surface area contributed by atoms with Crippen LogP contribution in [0.4, 0.5) is 10.5 Å². The number of carbonyl (C=O) groups excluding carboxylic acids is 1. The van der Waals surface area contributed by atoms with Crippen molar-refractivity contribution in [3.05, 3.63) is 30.0 Å². The number of amides is 2. The Balaban J connectivity index is 1.70. The fraction of sp³-hybridized carbons (Fsp3) is 0.333. The Labute approximate surface area is 121 Å². The average Bonchev–Trinajstić information content (AvgIpc) is 3.03. The summed E-state index contributed by atoms with van der Waals surface area (Å²) in [6, 6.07) is 7.43. The first-order valence-corrected chi connectivity index (χ1v) is 6.91. The minimum Gasteiger partial charge on any atom is -0.481 e. The summed E-state index contributed by atoms with van der Waals surface area (Å²) < 4.78 is 0. The van der Waals surface area contributed by atoms with Crippen LogP contribution in [0.2, 0.25) is 0 Å². The van der Waals surface area contributed by atoms with Crippen LogP contribution >= 0.6 is 0 Å². The topological polar surface area (TPSA) is 85.4 Å². The van der Waals surface area contributed by atoms with Gasteiger partial charge >= 0.3 is 12.0 Å². The lowest BCUT2D eigenvalue weighted by atomic mass is 10.1. The van der Waals surface area contributed by atoms with Crippen molar-refractivity contribution in [2.24, 2.45) is 5.92 Å². The van der Waals surface area contributed by atoms with Crippen LogP contribution in [0, 0.1) is 12.8 Å². The number of carbonyl (C=O) groups is 2. The van der Waals surface area contributed by atoms with E-state index in [9.17, 15) is 9.59 Å². The summed E-state index contributed by atoms with van der Waals surface area (Å²) in [5.41, 5.74) is 2.81. The number of anilines is 1. The van der Waals surface area contributed by atoms with Crippen molar-refractivity contribution in [1.29, 1.82) is 0 Å². The molecule has 1 fully saturated rings. The number of aromatic amines is 1. The molecule has 3 N–H and O–H groups in total. The van der Waals surface area contributed by atoms with Gasteiger partial charge < -0.3 is 20.3 Å². The number of hydrogen-bond acceptors (Lipinski definition) is 2. The maximum absolute atomic E-state index is 12.1. The Hall–Kier alpha value is -2.50. The molecule has 0 spiro atoms. The first-order chi connectivity index (χ1) is 10.0. The molecule has 1 unspecified atom stereocenters. The van der Waals surface area contributed by atoms with E-state index in [-0.39, 0.29) is 12.6 Å². The lowest BCUT2D eigenvalue weighted by Gasteiger charge is -2.16. The van der Waals surface area contributed by atoms with Crippen molar-refractivity contribution >= 4 is 28.6 Å². The van der Waals surface area contributed by atoms with Gasteiger partial charge in [-0.2, -0.15) is 0 Å². The van der Waals surface area contributed by atoms with Crippen LogP contribution in [0.25, 0.3) is 10.9 Å². The number of likely N-dealkylation sites (tertiary alicyclic amines) is 1. The average molecular weight is 287 g/mol. The number of carboxylic acid groups (broad SMARTS) is 1. The number of aromatic nitrogens is 1. The third-order valence-electron chi connectivity index (χ3n) is 3.83. The smallest absolute Gasteiger partial charge is 0.321 e. The van der Waals surface area contributed by atoms with Gasteiger partial charge in [0.2, 0.25) is 0 Å². The normalized spacial score (nSPS) is 18.1.